The maximum atomic E-state index is 8.14. The monoisotopic (exact) mass is 82.0 g/mol. The fourth-order valence-corrected chi connectivity index (χ4v) is 0.0809. The molecule has 2 heteroatoms. The second-order valence-electron chi connectivity index (χ2n) is 0.822. The quantitative estimate of drug-likeness (QED) is 0.346. The van der Waals surface area contributed by atoms with E-state index in [2.05, 4.69) is 0 Å². The normalized spacial score (nSPS) is 10.3. The fourth-order valence-electron chi connectivity index (χ4n) is 0.0809. The minimum atomic E-state index is -0.0718. The SMILES string of the molecule is C/C(O)=[C]/C#N. The zero-order valence-corrected chi connectivity index (χ0v) is 3.39. The van der Waals surface area contributed by atoms with Gasteiger partial charge in [-0.15, -0.1) is 0 Å². The largest absolute Gasteiger partial charge is 0.511 e. The molecular formula is C4H4NO. The Hall–Kier alpha value is -0.970. The highest BCUT2D eigenvalue weighted by atomic mass is 16.3. The molecule has 0 bridgehead atoms. The third-order valence-corrected chi connectivity index (χ3v) is 0.237. The van der Waals surface area contributed by atoms with Crippen molar-refractivity contribution in [2.75, 3.05) is 0 Å². The van der Waals surface area contributed by atoms with E-state index in [4.69, 9.17) is 10.4 Å². The molecule has 0 saturated heterocycles. The van der Waals surface area contributed by atoms with Crippen LogP contribution in [0.5, 0.6) is 0 Å². The zero-order valence-electron chi connectivity index (χ0n) is 3.39. The van der Waals surface area contributed by atoms with Gasteiger partial charge in [0.2, 0.25) is 0 Å². The highest BCUT2D eigenvalue weighted by Gasteiger charge is 1.71. The molecule has 2 nitrogen and oxygen atoms in total. The molecule has 0 aliphatic heterocycles. The predicted molar refractivity (Wildman–Crippen MR) is 20.7 cm³/mol. The van der Waals surface area contributed by atoms with Crippen LogP contribution in [0, 0.1) is 17.4 Å². The zero-order chi connectivity index (χ0) is 4.99. The van der Waals surface area contributed by atoms with Crippen LogP contribution < -0.4 is 0 Å². The molecule has 1 radical (unpaired) electrons. The molecular weight excluding hydrogens is 78.0 g/mol. The van der Waals surface area contributed by atoms with E-state index in [1.54, 1.807) is 0 Å². The molecule has 0 fully saturated rings. The first kappa shape index (κ1) is 5.03. The smallest absolute Gasteiger partial charge is 0.110 e. The Morgan fingerprint density at radius 2 is 2.33 bits per heavy atom. The lowest BCUT2D eigenvalue weighted by Crippen LogP contribution is -1.64. The Bertz CT molecular complexity index is 94.6. The van der Waals surface area contributed by atoms with Crippen molar-refractivity contribution in [3.63, 3.8) is 0 Å². The van der Waals surface area contributed by atoms with E-state index in [1.807, 2.05) is 6.08 Å². The van der Waals surface area contributed by atoms with Gasteiger partial charge in [-0.2, -0.15) is 5.26 Å². The number of nitriles is 1. The predicted octanol–water partition coefficient (Wildman–Crippen LogP) is 0.775. The first-order valence-corrected chi connectivity index (χ1v) is 1.45. The summed E-state index contributed by atoms with van der Waals surface area (Å²) in [7, 11) is 0. The number of hydrogen-bond donors (Lipinski definition) is 1. The molecule has 6 heavy (non-hydrogen) atoms. The van der Waals surface area contributed by atoms with Crippen LogP contribution in [-0.2, 0) is 0 Å². The van der Waals surface area contributed by atoms with Gasteiger partial charge in [0, 0.05) is 0 Å². The summed E-state index contributed by atoms with van der Waals surface area (Å²) in [5.41, 5.74) is 0. The first-order valence-electron chi connectivity index (χ1n) is 1.45. The number of aliphatic hydroxyl groups is 1. The number of aliphatic hydroxyl groups excluding tert-OH is 1. The van der Waals surface area contributed by atoms with Crippen molar-refractivity contribution >= 4 is 0 Å². The summed E-state index contributed by atoms with van der Waals surface area (Å²) in [4.78, 5) is 0. The molecule has 0 amide bonds. The molecule has 31 valence electrons. The maximum absolute atomic E-state index is 8.14. The fraction of sp³-hybridized carbons (Fsp3) is 0.250. The Morgan fingerprint density at radius 1 is 1.83 bits per heavy atom. The maximum Gasteiger partial charge on any atom is 0.110 e. The van der Waals surface area contributed by atoms with Gasteiger partial charge in [0.05, 0.1) is 0 Å². The van der Waals surface area contributed by atoms with Gasteiger partial charge in [0.25, 0.3) is 0 Å². The van der Waals surface area contributed by atoms with Gasteiger partial charge in [-0.3, -0.25) is 0 Å². The second kappa shape index (κ2) is 2.28. The van der Waals surface area contributed by atoms with Crippen molar-refractivity contribution in [2.45, 2.75) is 6.92 Å². The number of allylic oxidation sites excluding steroid dienone is 2. The summed E-state index contributed by atoms with van der Waals surface area (Å²) in [6, 6.07) is 1.53. The lowest BCUT2D eigenvalue weighted by molar-refractivity contribution is 0.412. The van der Waals surface area contributed by atoms with Gasteiger partial charge < -0.3 is 5.11 Å². The minimum Gasteiger partial charge on any atom is -0.511 e. The van der Waals surface area contributed by atoms with E-state index in [9.17, 15) is 0 Å². The van der Waals surface area contributed by atoms with Crippen molar-refractivity contribution in [1.82, 2.24) is 0 Å². The van der Waals surface area contributed by atoms with E-state index in [0.29, 0.717) is 0 Å². The molecule has 0 atom stereocenters. The summed E-state index contributed by atoms with van der Waals surface area (Å²) in [5.74, 6) is -0.0718. The van der Waals surface area contributed by atoms with Crippen LogP contribution in [0.4, 0.5) is 0 Å². The molecule has 0 aromatic rings. The molecule has 0 aliphatic carbocycles. The van der Waals surface area contributed by atoms with Gasteiger partial charge in [0.15, 0.2) is 0 Å². The molecule has 0 spiro atoms. The Labute approximate surface area is 36.3 Å². The molecule has 0 rings (SSSR count). The highest BCUT2D eigenvalue weighted by molar-refractivity contribution is 4.94. The van der Waals surface area contributed by atoms with E-state index >= 15 is 0 Å². The number of nitrogens with zero attached hydrogens (tertiary/aromatic N) is 1. The third kappa shape index (κ3) is 3.03. The van der Waals surface area contributed by atoms with Gasteiger partial charge in [0.1, 0.15) is 17.9 Å². The summed E-state index contributed by atoms with van der Waals surface area (Å²) in [6.45, 7) is 1.39. The molecule has 0 heterocycles. The van der Waals surface area contributed by atoms with Crippen molar-refractivity contribution in [1.29, 1.82) is 5.26 Å². The number of hydrogen-bond acceptors (Lipinski definition) is 2. The van der Waals surface area contributed by atoms with Gasteiger partial charge in [-0.1, -0.05) is 0 Å². The Kier molecular flexibility index (Phi) is 1.91. The van der Waals surface area contributed by atoms with Crippen LogP contribution in [-0.4, -0.2) is 5.11 Å². The summed E-state index contributed by atoms with van der Waals surface area (Å²) >= 11 is 0. The molecule has 1 N–H and O–H groups in total. The molecule has 0 aromatic heterocycles. The van der Waals surface area contributed by atoms with E-state index in [1.165, 1.54) is 13.0 Å². The Morgan fingerprint density at radius 3 is 2.33 bits per heavy atom. The van der Waals surface area contributed by atoms with Crippen molar-refractivity contribution in [2.24, 2.45) is 0 Å². The highest BCUT2D eigenvalue weighted by Crippen LogP contribution is 1.75. The van der Waals surface area contributed by atoms with Crippen molar-refractivity contribution in [3.8, 4) is 6.07 Å². The lowest BCUT2D eigenvalue weighted by Gasteiger charge is -1.72. The van der Waals surface area contributed by atoms with Gasteiger partial charge in [-0.25, -0.2) is 0 Å². The Balaban J connectivity index is 3.51. The topological polar surface area (TPSA) is 44.0 Å². The molecule has 0 saturated carbocycles. The van der Waals surface area contributed by atoms with Crippen LogP contribution in [0.1, 0.15) is 6.92 Å². The number of rotatable bonds is 0. The van der Waals surface area contributed by atoms with Crippen LogP contribution in [0.2, 0.25) is 0 Å². The lowest BCUT2D eigenvalue weighted by atomic mass is 10.5. The van der Waals surface area contributed by atoms with Crippen molar-refractivity contribution in [3.05, 3.63) is 11.8 Å². The van der Waals surface area contributed by atoms with Crippen molar-refractivity contribution < 1.29 is 5.11 Å². The van der Waals surface area contributed by atoms with Gasteiger partial charge in [-0.05, 0) is 6.92 Å². The molecule has 0 unspecified atom stereocenters. The minimum absolute atomic E-state index is 0.0718. The molecule has 0 aliphatic rings. The van der Waals surface area contributed by atoms with E-state index < -0.39 is 0 Å². The summed E-state index contributed by atoms with van der Waals surface area (Å²) in [6.07, 6.45) is 1.99. The average Bonchev–Trinajstić information content (AvgIpc) is 1.35. The standard InChI is InChI=1S/C4H4NO/c1-4(6)2-3-5/h6H,1H3. The van der Waals surface area contributed by atoms with E-state index in [-0.39, 0.29) is 5.76 Å². The van der Waals surface area contributed by atoms with Gasteiger partial charge >= 0.3 is 0 Å². The van der Waals surface area contributed by atoms with E-state index in [0.717, 1.165) is 0 Å². The van der Waals surface area contributed by atoms with Crippen LogP contribution >= 0.6 is 0 Å². The second-order valence-corrected chi connectivity index (χ2v) is 0.822. The van der Waals surface area contributed by atoms with Crippen LogP contribution in [0.15, 0.2) is 5.76 Å². The first-order chi connectivity index (χ1) is 2.77. The summed E-state index contributed by atoms with van der Waals surface area (Å²) < 4.78 is 0. The third-order valence-electron chi connectivity index (χ3n) is 0.237. The van der Waals surface area contributed by atoms with Crippen LogP contribution in [0.25, 0.3) is 0 Å². The summed E-state index contributed by atoms with van der Waals surface area (Å²) in [5, 5.41) is 15.8. The average molecular weight is 82.1 g/mol. The van der Waals surface area contributed by atoms with Crippen LogP contribution in [0.3, 0.4) is 0 Å². The molecule has 0 aromatic carbocycles.